The van der Waals surface area contributed by atoms with Crippen LogP contribution in [0, 0.1) is 13.8 Å². The zero-order valence-electron chi connectivity index (χ0n) is 17.2. The summed E-state index contributed by atoms with van der Waals surface area (Å²) in [6.45, 7) is 2.18. The number of ketones is 1. The van der Waals surface area contributed by atoms with Crippen LogP contribution in [0.4, 0.5) is 0 Å². The van der Waals surface area contributed by atoms with Gasteiger partial charge in [0.25, 0.3) is 11.8 Å². The van der Waals surface area contributed by atoms with Gasteiger partial charge in [-0.3, -0.25) is 28.9 Å². The highest BCUT2D eigenvalue weighted by Gasteiger charge is 2.37. The molecule has 0 aromatic heterocycles. The van der Waals surface area contributed by atoms with Crippen molar-refractivity contribution in [2.45, 2.75) is 13.8 Å². The highest BCUT2D eigenvalue weighted by Crippen LogP contribution is 2.31. The summed E-state index contributed by atoms with van der Waals surface area (Å²) >= 11 is 11.8. The van der Waals surface area contributed by atoms with Gasteiger partial charge in [0.1, 0.15) is 13.1 Å². The minimum absolute atomic E-state index is 0.0430. The molecule has 3 amide bonds. The van der Waals surface area contributed by atoms with Crippen LogP contribution in [0.1, 0.15) is 42.2 Å². The number of aryl methyl sites for hydroxylation is 2. The Balaban J connectivity index is 1.49. The number of carbonyl (C=O) groups is 5. The van der Waals surface area contributed by atoms with E-state index in [-0.39, 0.29) is 27.0 Å². The number of amides is 3. The Kier molecular flexibility index (Phi) is 6.96. The molecule has 166 valence electrons. The average Bonchev–Trinajstić information content (AvgIpc) is 2.97. The average molecular weight is 477 g/mol. The molecule has 1 aliphatic rings. The first-order valence-corrected chi connectivity index (χ1v) is 10.2. The molecule has 0 unspecified atom stereocenters. The lowest BCUT2D eigenvalue weighted by Crippen LogP contribution is -2.42. The van der Waals surface area contributed by atoms with Gasteiger partial charge in [-0.1, -0.05) is 35.3 Å². The van der Waals surface area contributed by atoms with Gasteiger partial charge in [0.2, 0.25) is 5.91 Å². The number of halogens is 2. The summed E-state index contributed by atoms with van der Waals surface area (Å²) in [6, 6.07) is 7.67. The van der Waals surface area contributed by atoms with E-state index in [1.807, 2.05) is 13.8 Å². The van der Waals surface area contributed by atoms with Gasteiger partial charge in [0.05, 0.1) is 21.2 Å². The molecule has 10 heteroatoms. The van der Waals surface area contributed by atoms with E-state index in [4.69, 9.17) is 27.9 Å². The van der Waals surface area contributed by atoms with Crippen LogP contribution in [0.25, 0.3) is 0 Å². The van der Waals surface area contributed by atoms with Crippen LogP contribution in [-0.2, 0) is 14.3 Å². The number of carbonyl (C=O) groups excluding carboxylic acids is 5. The Bertz CT molecular complexity index is 1120. The van der Waals surface area contributed by atoms with Crippen LogP contribution < -0.4 is 5.32 Å². The van der Waals surface area contributed by atoms with E-state index in [0.29, 0.717) is 5.56 Å². The fourth-order valence-corrected chi connectivity index (χ4v) is 3.32. The molecule has 2 aromatic rings. The molecular formula is C22H18Cl2N2O6. The van der Waals surface area contributed by atoms with Crippen LogP contribution in [0.5, 0.6) is 0 Å². The van der Waals surface area contributed by atoms with Crippen molar-refractivity contribution in [3.05, 3.63) is 68.2 Å². The third-order valence-electron chi connectivity index (χ3n) is 4.94. The van der Waals surface area contributed by atoms with E-state index in [0.717, 1.165) is 16.0 Å². The highest BCUT2D eigenvalue weighted by atomic mass is 35.5. The topological polar surface area (TPSA) is 110 Å². The summed E-state index contributed by atoms with van der Waals surface area (Å²) in [5, 5.41) is 2.47. The molecule has 0 spiro atoms. The SMILES string of the molecule is Cc1ccc(C(=O)COC(=O)CNC(=O)CN2C(=O)c3cc(Cl)c(Cl)cc3C2=O)cc1C. The molecule has 0 saturated heterocycles. The predicted octanol–water partition coefficient (Wildman–Crippen LogP) is 2.75. The van der Waals surface area contributed by atoms with E-state index < -0.39 is 43.4 Å². The number of esters is 1. The smallest absolute Gasteiger partial charge is 0.325 e. The van der Waals surface area contributed by atoms with Crippen LogP contribution in [0.15, 0.2) is 30.3 Å². The van der Waals surface area contributed by atoms with E-state index in [1.54, 1.807) is 18.2 Å². The molecule has 0 fully saturated rings. The number of nitrogens with one attached hydrogen (secondary N) is 1. The van der Waals surface area contributed by atoms with Gasteiger partial charge in [-0.15, -0.1) is 0 Å². The lowest BCUT2D eigenvalue weighted by molar-refractivity contribution is -0.142. The predicted molar refractivity (Wildman–Crippen MR) is 116 cm³/mol. The molecule has 0 radical (unpaired) electrons. The summed E-state index contributed by atoms with van der Waals surface area (Å²) < 4.78 is 4.89. The van der Waals surface area contributed by atoms with Crippen molar-refractivity contribution in [3.63, 3.8) is 0 Å². The molecular weight excluding hydrogens is 459 g/mol. The van der Waals surface area contributed by atoms with Crippen molar-refractivity contribution in [1.82, 2.24) is 10.2 Å². The molecule has 32 heavy (non-hydrogen) atoms. The summed E-state index contributed by atoms with van der Waals surface area (Å²) in [7, 11) is 0. The number of nitrogens with zero attached hydrogens (tertiary/aromatic N) is 1. The number of benzene rings is 2. The molecule has 1 aliphatic heterocycles. The minimum atomic E-state index is -0.837. The Hall–Kier alpha value is -3.23. The van der Waals surface area contributed by atoms with Gasteiger partial charge in [-0.2, -0.15) is 0 Å². The Morgan fingerprint density at radius 3 is 2.09 bits per heavy atom. The third kappa shape index (κ3) is 4.98. The molecule has 1 heterocycles. The summed E-state index contributed by atoms with van der Waals surface area (Å²) in [4.78, 5) is 61.6. The van der Waals surface area contributed by atoms with Gasteiger partial charge in [0, 0.05) is 5.56 Å². The molecule has 0 aliphatic carbocycles. The Morgan fingerprint density at radius 2 is 1.53 bits per heavy atom. The van der Waals surface area contributed by atoms with Crippen LogP contribution in [0.2, 0.25) is 10.0 Å². The van der Waals surface area contributed by atoms with Gasteiger partial charge >= 0.3 is 5.97 Å². The zero-order chi connectivity index (χ0) is 23.6. The number of rotatable bonds is 7. The normalized spacial score (nSPS) is 12.6. The van der Waals surface area contributed by atoms with Crippen molar-refractivity contribution in [1.29, 1.82) is 0 Å². The maximum atomic E-state index is 12.4. The molecule has 1 N–H and O–H groups in total. The van der Waals surface area contributed by atoms with E-state index in [1.165, 1.54) is 12.1 Å². The minimum Gasteiger partial charge on any atom is -0.456 e. The van der Waals surface area contributed by atoms with Crippen molar-refractivity contribution < 1.29 is 28.7 Å². The lowest BCUT2D eigenvalue weighted by atomic mass is 10.0. The number of fused-ring (bicyclic) bond motifs is 1. The molecule has 8 nitrogen and oxygen atoms in total. The first-order valence-electron chi connectivity index (χ1n) is 9.46. The maximum Gasteiger partial charge on any atom is 0.325 e. The largest absolute Gasteiger partial charge is 0.456 e. The third-order valence-corrected chi connectivity index (χ3v) is 5.66. The van der Waals surface area contributed by atoms with Crippen LogP contribution in [0.3, 0.4) is 0 Å². The first-order chi connectivity index (χ1) is 15.1. The molecule has 0 bridgehead atoms. The lowest BCUT2D eigenvalue weighted by Gasteiger charge is -2.13. The Morgan fingerprint density at radius 1 is 0.938 bits per heavy atom. The van der Waals surface area contributed by atoms with Crippen molar-refractivity contribution in [3.8, 4) is 0 Å². The first kappa shape index (κ1) is 23.4. The summed E-state index contributed by atoms with van der Waals surface area (Å²) in [5.41, 5.74) is 2.47. The second-order valence-electron chi connectivity index (χ2n) is 7.17. The van der Waals surface area contributed by atoms with Gasteiger partial charge in [0.15, 0.2) is 12.4 Å². The van der Waals surface area contributed by atoms with E-state index in [2.05, 4.69) is 5.32 Å². The van der Waals surface area contributed by atoms with Gasteiger partial charge in [-0.05, 0) is 43.2 Å². The number of imide groups is 1. The monoisotopic (exact) mass is 476 g/mol. The summed E-state index contributed by atoms with van der Waals surface area (Å²) in [6.07, 6.45) is 0. The number of Topliss-reactive ketones (excluding diaryl/α,β-unsaturated/α-hetero) is 1. The van der Waals surface area contributed by atoms with Crippen molar-refractivity contribution >= 4 is 52.7 Å². The van der Waals surface area contributed by atoms with E-state index >= 15 is 0 Å². The number of hydrogen-bond acceptors (Lipinski definition) is 6. The Labute approximate surface area is 193 Å². The van der Waals surface area contributed by atoms with Crippen LogP contribution >= 0.6 is 23.2 Å². The van der Waals surface area contributed by atoms with Crippen molar-refractivity contribution in [2.24, 2.45) is 0 Å². The number of ether oxygens (including phenoxy) is 1. The quantitative estimate of drug-likeness (QED) is 0.373. The standard InChI is InChI=1S/C22H18Cl2N2O6/c1-11-3-4-13(5-12(11)2)18(27)10-32-20(29)8-25-19(28)9-26-21(30)14-6-16(23)17(24)7-15(14)22(26)31/h3-7H,8-10H2,1-2H3,(H,25,28). The molecule has 2 aromatic carbocycles. The second-order valence-corrected chi connectivity index (χ2v) is 7.98. The zero-order valence-corrected chi connectivity index (χ0v) is 18.7. The fraction of sp³-hybridized carbons (Fsp3) is 0.227. The maximum absolute atomic E-state index is 12.4. The molecule has 0 atom stereocenters. The van der Waals surface area contributed by atoms with Crippen LogP contribution in [-0.4, -0.2) is 54.1 Å². The fourth-order valence-electron chi connectivity index (χ4n) is 2.99. The van der Waals surface area contributed by atoms with Gasteiger partial charge in [-0.25, -0.2) is 0 Å². The van der Waals surface area contributed by atoms with E-state index in [9.17, 15) is 24.0 Å². The summed E-state index contributed by atoms with van der Waals surface area (Å²) in [5.74, 6) is -3.36. The van der Waals surface area contributed by atoms with Gasteiger partial charge < -0.3 is 10.1 Å². The molecule has 3 rings (SSSR count). The highest BCUT2D eigenvalue weighted by molar-refractivity contribution is 6.43. The molecule has 0 saturated carbocycles. The van der Waals surface area contributed by atoms with Crippen molar-refractivity contribution in [2.75, 3.05) is 19.7 Å². The second kappa shape index (κ2) is 9.50. The number of hydrogen-bond donors (Lipinski definition) is 1.